The minimum absolute atomic E-state index is 0.00201. The molecule has 11 heteroatoms. The molecule has 270 valence electrons. The van der Waals surface area contributed by atoms with E-state index in [0.29, 0.717) is 5.01 Å². The van der Waals surface area contributed by atoms with Gasteiger partial charge >= 0.3 is 18.3 Å². The van der Waals surface area contributed by atoms with Gasteiger partial charge in [0, 0.05) is 5.56 Å². The highest BCUT2D eigenvalue weighted by Gasteiger charge is 2.50. The summed E-state index contributed by atoms with van der Waals surface area (Å²) >= 11 is 0. The summed E-state index contributed by atoms with van der Waals surface area (Å²) in [5.41, 5.74) is -2.46. The lowest BCUT2D eigenvalue weighted by molar-refractivity contribution is -0.0592. The number of ether oxygens (including phenoxy) is 3. The highest BCUT2D eigenvalue weighted by molar-refractivity contribution is 6.99. The Balaban J connectivity index is 2.05. The van der Waals surface area contributed by atoms with Crippen LogP contribution in [0.3, 0.4) is 0 Å². The van der Waals surface area contributed by atoms with E-state index in [1.54, 1.807) is 74.4 Å². The number of hydrazine groups is 1. The van der Waals surface area contributed by atoms with Crippen molar-refractivity contribution in [1.82, 2.24) is 10.0 Å². The van der Waals surface area contributed by atoms with Crippen LogP contribution in [-0.2, 0) is 25.2 Å². The van der Waals surface area contributed by atoms with E-state index in [9.17, 15) is 19.2 Å². The maximum Gasteiger partial charge on any atom is 0.440 e. The smallest absolute Gasteiger partial charge is 0.440 e. The third kappa shape index (κ3) is 10.3. The molecule has 0 N–H and O–H groups in total. The van der Waals surface area contributed by atoms with E-state index in [1.807, 2.05) is 36.4 Å². The first-order valence-electron chi connectivity index (χ1n) is 16.6. The summed E-state index contributed by atoms with van der Waals surface area (Å²) in [6.07, 6.45) is -3.85. The molecule has 0 fully saturated rings. The Hall–Kier alpha value is -4.48. The van der Waals surface area contributed by atoms with E-state index in [-0.39, 0.29) is 22.2 Å². The second-order valence-corrected chi connectivity index (χ2v) is 20.3. The maximum atomic E-state index is 14.1. The number of carbonyl (C=O) groups is 4. The van der Waals surface area contributed by atoms with Crippen LogP contribution in [0, 0.1) is 0 Å². The molecular weight excluding hydrogens is 653 g/mol. The number of hydrogen-bond donors (Lipinski definition) is 0. The predicted molar refractivity (Wildman–Crippen MR) is 196 cm³/mol. The summed E-state index contributed by atoms with van der Waals surface area (Å²) in [6, 6.07) is 26.9. The van der Waals surface area contributed by atoms with Crippen molar-refractivity contribution in [3.05, 3.63) is 96.1 Å². The molecule has 0 aliphatic heterocycles. The van der Waals surface area contributed by atoms with Gasteiger partial charge in [0.25, 0.3) is 14.2 Å². The summed E-state index contributed by atoms with van der Waals surface area (Å²) in [5.74, 6) is -1.00. The van der Waals surface area contributed by atoms with Gasteiger partial charge < -0.3 is 18.6 Å². The molecule has 0 saturated carbocycles. The number of rotatable bonds is 6. The van der Waals surface area contributed by atoms with Crippen LogP contribution in [0.15, 0.2) is 84.9 Å². The van der Waals surface area contributed by atoms with Crippen LogP contribution in [0.4, 0.5) is 14.4 Å². The van der Waals surface area contributed by atoms with Gasteiger partial charge in [-0.1, -0.05) is 93.6 Å². The van der Waals surface area contributed by atoms with Crippen molar-refractivity contribution in [2.24, 2.45) is 0 Å². The molecule has 0 atom stereocenters. The van der Waals surface area contributed by atoms with Crippen molar-refractivity contribution in [3.8, 4) is 0 Å². The number of benzene rings is 3. The second-order valence-electron chi connectivity index (χ2n) is 16.0. The van der Waals surface area contributed by atoms with Crippen molar-refractivity contribution in [1.29, 1.82) is 0 Å². The van der Waals surface area contributed by atoms with Crippen LogP contribution < -0.4 is 10.4 Å². The number of imide groups is 2. The third-order valence-corrected chi connectivity index (χ3v) is 12.1. The number of hydrogen-bond acceptors (Lipinski definition) is 8. The summed E-state index contributed by atoms with van der Waals surface area (Å²) < 4.78 is 23.4. The fourth-order valence-corrected chi connectivity index (χ4v) is 9.77. The van der Waals surface area contributed by atoms with Gasteiger partial charge in [-0.25, -0.2) is 14.4 Å². The Kier molecular flexibility index (Phi) is 12.1. The van der Waals surface area contributed by atoms with Crippen LogP contribution in [0.2, 0.25) is 5.04 Å². The molecule has 50 heavy (non-hydrogen) atoms. The average Bonchev–Trinajstić information content (AvgIpc) is 2.97. The zero-order valence-electron chi connectivity index (χ0n) is 31.5. The molecular formula is C39H52N2O8Si. The molecule has 3 aromatic carbocycles. The van der Waals surface area contributed by atoms with Gasteiger partial charge in [0.1, 0.15) is 16.8 Å². The SMILES string of the molecule is CC(C)(C)OC(=O)N(C(=O)OC(C)(C)C)N(C(=O)OC(C)(C)C)C(=O)c1ccc(CO[Si](c2ccccc2)(c2ccccc2)C(C)(C)C)cc1. The number of carbonyl (C=O) groups excluding carboxylic acids is 4. The standard InChI is InChI=1S/C39H52N2O8Si/c1-36(2,3)47-33(43)40(41(34(44)48-37(4,5)6)35(45)49-38(7,8)9)32(42)29-25-23-28(24-26-29)27-46-50(39(10,11)12,30-19-15-13-16-20-30)31-21-17-14-18-22-31/h13-26H,27H2,1-12H3. The second kappa shape index (κ2) is 15.2. The molecule has 10 nitrogen and oxygen atoms in total. The topological polar surface area (TPSA) is 112 Å². The fraction of sp³-hybridized carbons (Fsp3) is 0.436. The van der Waals surface area contributed by atoms with E-state index >= 15 is 0 Å². The third-order valence-electron chi connectivity index (χ3n) is 7.16. The summed E-state index contributed by atoms with van der Waals surface area (Å²) in [7, 11) is -2.85. The molecule has 3 aromatic rings. The maximum absolute atomic E-state index is 14.1. The molecule has 0 bridgehead atoms. The highest BCUT2D eigenvalue weighted by Crippen LogP contribution is 2.37. The summed E-state index contributed by atoms with van der Waals surface area (Å²) in [5, 5.41) is 2.58. The van der Waals surface area contributed by atoms with Crippen molar-refractivity contribution in [2.75, 3.05) is 0 Å². The van der Waals surface area contributed by atoms with Crippen LogP contribution in [-0.4, -0.2) is 59.3 Å². The van der Waals surface area contributed by atoms with Crippen molar-refractivity contribution in [3.63, 3.8) is 0 Å². The van der Waals surface area contributed by atoms with Gasteiger partial charge in [-0.15, -0.1) is 10.0 Å². The molecule has 0 radical (unpaired) electrons. The lowest BCUT2D eigenvalue weighted by Crippen LogP contribution is -2.66. The van der Waals surface area contributed by atoms with E-state index in [0.717, 1.165) is 15.9 Å². The van der Waals surface area contributed by atoms with Gasteiger partial charge in [0.05, 0.1) is 6.61 Å². The molecule has 0 heterocycles. The minimum Gasteiger partial charge on any atom is -0.442 e. The van der Waals surface area contributed by atoms with Crippen molar-refractivity contribution >= 4 is 42.9 Å². The van der Waals surface area contributed by atoms with Gasteiger partial charge in [0.15, 0.2) is 0 Å². The monoisotopic (exact) mass is 704 g/mol. The predicted octanol–water partition coefficient (Wildman–Crippen LogP) is 8.23. The quantitative estimate of drug-likeness (QED) is 0.143. The minimum atomic E-state index is -2.85. The normalized spacial score (nSPS) is 12.5. The van der Waals surface area contributed by atoms with Gasteiger partial charge in [-0.2, -0.15) is 0 Å². The number of amides is 4. The van der Waals surface area contributed by atoms with Crippen molar-refractivity contribution in [2.45, 2.75) is 112 Å². The first-order valence-corrected chi connectivity index (χ1v) is 18.5. The average molecular weight is 705 g/mol. The molecule has 0 aliphatic carbocycles. The Labute approximate surface area is 297 Å². The lowest BCUT2D eigenvalue weighted by atomic mass is 10.1. The van der Waals surface area contributed by atoms with Crippen LogP contribution in [0.1, 0.15) is 99.0 Å². The Morgan fingerprint density at radius 1 is 0.520 bits per heavy atom. The number of nitrogens with zero attached hydrogens (tertiary/aromatic N) is 2. The molecule has 4 amide bonds. The van der Waals surface area contributed by atoms with Crippen LogP contribution >= 0.6 is 0 Å². The molecule has 3 rings (SSSR count). The zero-order chi connectivity index (χ0) is 37.7. The van der Waals surface area contributed by atoms with E-state index < -0.39 is 49.3 Å². The van der Waals surface area contributed by atoms with Crippen molar-refractivity contribution < 1.29 is 37.8 Å². The lowest BCUT2D eigenvalue weighted by Gasteiger charge is -2.43. The first kappa shape index (κ1) is 40.0. The molecule has 0 unspecified atom stereocenters. The van der Waals surface area contributed by atoms with Crippen LogP contribution in [0.5, 0.6) is 0 Å². The fourth-order valence-electron chi connectivity index (χ4n) is 5.23. The largest absolute Gasteiger partial charge is 0.442 e. The van der Waals surface area contributed by atoms with Gasteiger partial charge in [-0.3, -0.25) is 4.79 Å². The Bertz CT molecular complexity index is 1560. The molecule has 0 aromatic heterocycles. The van der Waals surface area contributed by atoms with Crippen LogP contribution in [0.25, 0.3) is 0 Å². The molecule has 0 spiro atoms. The summed E-state index contributed by atoms with van der Waals surface area (Å²) in [4.78, 5) is 54.7. The highest BCUT2D eigenvalue weighted by atomic mass is 28.4. The molecule has 0 aliphatic rings. The van der Waals surface area contributed by atoms with E-state index in [2.05, 4.69) is 45.0 Å². The first-order chi connectivity index (χ1) is 22.9. The molecule has 0 saturated heterocycles. The van der Waals surface area contributed by atoms with E-state index in [1.165, 1.54) is 12.1 Å². The van der Waals surface area contributed by atoms with E-state index in [4.69, 9.17) is 18.6 Å². The van der Waals surface area contributed by atoms with Gasteiger partial charge in [0.2, 0.25) is 0 Å². The zero-order valence-corrected chi connectivity index (χ0v) is 32.5. The Morgan fingerprint density at radius 2 is 0.880 bits per heavy atom. The van der Waals surface area contributed by atoms with Gasteiger partial charge in [-0.05, 0) is 95.4 Å². The Morgan fingerprint density at radius 3 is 1.22 bits per heavy atom. The summed E-state index contributed by atoms with van der Waals surface area (Å²) in [6.45, 7) is 21.1.